The molecule has 148 valence electrons. The fourth-order valence-electron chi connectivity index (χ4n) is 2.95. The van der Waals surface area contributed by atoms with Gasteiger partial charge in [0.1, 0.15) is 18.1 Å². The number of aliphatic hydroxyl groups is 1. The molecular formula is C21H25N3O4. The monoisotopic (exact) mass is 383 g/mol. The molecule has 7 nitrogen and oxygen atoms in total. The number of pyridine rings is 1. The third kappa shape index (κ3) is 5.07. The van der Waals surface area contributed by atoms with E-state index in [0.29, 0.717) is 29.3 Å². The Hall–Kier alpha value is -2.93. The van der Waals surface area contributed by atoms with Gasteiger partial charge in [-0.3, -0.25) is 9.59 Å². The van der Waals surface area contributed by atoms with Crippen molar-refractivity contribution in [2.75, 3.05) is 20.3 Å². The van der Waals surface area contributed by atoms with Crippen molar-refractivity contribution < 1.29 is 19.4 Å². The maximum Gasteiger partial charge on any atom is 0.269 e. The summed E-state index contributed by atoms with van der Waals surface area (Å²) in [6.07, 6.45) is 1.42. The third-order valence-electron chi connectivity index (χ3n) is 4.67. The van der Waals surface area contributed by atoms with Crippen molar-refractivity contribution in [3.63, 3.8) is 0 Å². The summed E-state index contributed by atoms with van der Waals surface area (Å²) in [5.41, 5.74) is 2.19. The van der Waals surface area contributed by atoms with E-state index in [1.54, 1.807) is 6.07 Å². The van der Waals surface area contributed by atoms with Crippen molar-refractivity contribution in [3.05, 3.63) is 58.9 Å². The first-order valence-electron chi connectivity index (χ1n) is 9.36. The average Bonchev–Trinajstić information content (AvgIpc) is 3.40. The standard InChI is InChI=1S/C21H25N3O4/c1-13-8-18(13)24-20(26)15-11-16(23-19(12-15)21(27)22-2)9-14-4-3-5-17(10-14)28-7-6-25/h3-5,10-13,18,25H,6-9H2,1-2H3,(H,22,27)(H,24,26)/t13-,18-/m0/s1. The summed E-state index contributed by atoms with van der Waals surface area (Å²) < 4.78 is 5.44. The zero-order valence-electron chi connectivity index (χ0n) is 16.1. The maximum absolute atomic E-state index is 12.6. The van der Waals surface area contributed by atoms with E-state index in [-0.39, 0.29) is 36.8 Å². The second kappa shape index (κ2) is 8.84. The first-order chi connectivity index (χ1) is 13.5. The van der Waals surface area contributed by atoms with Crippen LogP contribution in [0.25, 0.3) is 0 Å². The van der Waals surface area contributed by atoms with Crippen LogP contribution in [0.2, 0.25) is 0 Å². The predicted molar refractivity (Wildman–Crippen MR) is 104 cm³/mol. The van der Waals surface area contributed by atoms with Crippen LogP contribution in [0.15, 0.2) is 36.4 Å². The van der Waals surface area contributed by atoms with Crippen molar-refractivity contribution in [2.24, 2.45) is 5.92 Å². The zero-order chi connectivity index (χ0) is 20.1. The molecule has 1 saturated carbocycles. The number of aromatic nitrogens is 1. The Morgan fingerprint density at radius 1 is 1.25 bits per heavy atom. The van der Waals surface area contributed by atoms with Gasteiger partial charge in [-0.05, 0) is 42.2 Å². The van der Waals surface area contributed by atoms with E-state index in [0.717, 1.165) is 12.0 Å². The number of hydrogen-bond donors (Lipinski definition) is 3. The van der Waals surface area contributed by atoms with Crippen molar-refractivity contribution in [1.29, 1.82) is 0 Å². The van der Waals surface area contributed by atoms with E-state index < -0.39 is 0 Å². The molecule has 1 aliphatic rings. The lowest BCUT2D eigenvalue weighted by atomic mass is 10.1. The maximum atomic E-state index is 12.6. The molecule has 1 aliphatic carbocycles. The van der Waals surface area contributed by atoms with Gasteiger partial charge in [-0.1, -0.05) is 19.1 Å². The summed E-state index contributed by atoms with van der Waals surface area (Å²) in [6, 6.07) is 10.9. The van der Waals surface area contributed by atoms with Crippen molar-refractivity contribution in [1.82, 2.24) is 15.6 Å². The summed E-state index contributed by atoms with van der Waals surface area (Å²) >= 11 is 0. The van der Waals surface area contributed by atoms with Crippen LogP contribution in [0.4, 0.5) is 0 Å². The second-order valence-corrected chi connectivity index (χ2v) is 7.00. The molecule has 0 spiro atoms. The Labute approximate surface area is 164 Å². The van der Waals surface area contributed by atoms with Gasteiger partial charge < -0.3 is 20.5 Å². The van der Waals surface area contributed by atoms with Crippen LogP contribution in [-0.4, -0.2) is 48.2 Å². The van der Waals surface area contributed by atoms with Gasteiger partial charge in [-0.2, -0.15) is 0 Å². The van der Waals surface area contributed by atoms with Gasteiger partial charge in [-0.25, -0.2) is 4.98 Å². The number of nitrogens with one attached hydrogen (secondary N) is 2. The number of aliphatic hydroxyl groups excluding tert-OH is 1. The van der Waals surface area contributed by atoms with Crippen LogP contribution in [0.5, 0.6) is 5.75 Å². The Morgan fingerprint density at radius 3 is 2.71 bits per heavy atom. The molecule has 1 fully saturated rings. The van der Waals surface area contributed by atoms with Crippen molar-refractivity contribution in [2.45, 2.75) is 25.8 Å². The first kappa shape index (κ1) is 19.8. The van der Waals surface area contributed by atoms with E-state index in [2.05, 4.69) is 22.5 Å². The topological polar surface area (TPSA) is 101 Å². The minimum atomic E-state index is -0.337. The highest BCUT2D eigenvalue weighted by Gasteiger charge is 2.34. The van der Waals surface area contributed by atoms with Crippen LogP contribution in [0.1, 0.15) is 45.4 Å². The minimum Gasteiger partial charge on any atom is -0.491 e. The average molecular weight is 383 g/mol. The van der Waals surface area contributed by atoms with Gasteiger partial charge in [0.25, 0.3) is 11.8 Å². The van der Waals surface area contributed by atoms with Crippen molar-refractivity contribution in [3.8, 4) is 5.75 Å². The number of carbonyl (C=O) groups excluding carboxylic acids is 2. The van der Waals surface area contributed by atoms with E-state index in [1.165, 1.54) is 13.1 Å². The molecule has 1 heterocycles. The van der Waals surface area contributed by atoms with E-state index in [9.17, 15) is 9.59 Å². The minimum absolute atomic E-state index is 0.0575. The van der Waals surface area contributed by atoms with Crippen LogP contribution in [0.3, 0.4) is 0 Å². The molecule has 2 atom stereocenters. The molecule has 0 bridgehead atoms. The predicted octanol–water partition coefficient (Wildman–Crippen LogP) is 1.54. The molecule has 7 heteroatoms. The second-order valence-electron chi connectivity index (χ2n) is 7.00. The quantitative estimate of drug-likeness (QED) is 0.642. The fourth-order valence-corrected chi connectivity index (χ4v) is 2.95. The van der Waals surface area contributed by atoms with Gasteiger partial charge in [0.05, 0.1) is 6.61 Å². The molecule has 2 amide bonds. The highest BCUT2D eigenvalue weighted by atomic mass is 16.5. The van der Waals surface area contributed by atoms with Crippen LogP contribution >= 0.6 is 0 Å². The van der Waals surface area contributed by atoms with Gasteiger partial charge in [0.2, 0.25) is 0 Å². The normalized spacial score (nSPS) is 17.7. The largest absolute Gasteiger partial charge is 0.491 e. The molecule has 1 aromatic carbocycles. The molecular weight excluding hydrogens is 358 g/mol. The summed E-state index contributed by atoms with van der Waals surface area (Å²) in [4.78, 5) is 29.1. The van der Waals surface area contributed by atoms with Gasteiger partial charge in [0.15, 0.2) is 0 Å². The highest BCUT2D eigenvalue weighted by molar-refractivity contribution is 5.98. The number of ether oxygens (including phenoxy) is 1. The number of nitrogens with zero attached hydrogens (tertiary/aromatic N) is 1. The molecule has 0 aliphatic heterocycles. The molecule has 0 saturated heterocycles. The molecule has 2 aromatic rings. The number of amides is 2. The molecule has 0 radical (unpaired) electrons. The number of rotatable bonds is 8. The molecule has 1 aromatic heterocycles. The molecule has 3 rings (SSSR count). The lowest BCUT2D eigenvalue weighted by molar-refractivity contribution is 0.0949. The van der Waals surface area contributed by atoms with Crippen LogP contribution in [-0.2, 0) is 6.42 Å². The smallest absolute Gasteiger partial charge is 0.269 e. The highest BCUT2D eigenvalue weighted by Crippen LogP contribution is 2.29. The lowest BCUT2D eigenvalue weighted by Gasteiger charge is -2.10. The van der Waals surface area contributed by atoms with E-state index in [4.69, 9.17) is 9.84 Å². The van der Waals surface area contributed by atoms with Crippen LogP contribution in [0, 0.1) is 5.92 Å². The Bertz CT molecular complexity index is 868. The van der Waals surface area contributed by atoms with Gasteiger partial charge in [0, 0.05) is 30.8 Å². The van der Waals surface area contributed by atoms with Crippen LogP contribution < -0.4 is 15.4 Å². The number of benzene rings is 1. The summed E-state index contributed by atoms with van der Waals surface area (Å²) in [5, 5.41) is 14.4. The Balaban J connectivity index is 1.83. The summed E-state index contributed by atoms with van der Waals surface area (Å²) in [6.45, 7) is 2.25. The molecule has 3 N–H and O–H groups in total. The third-order valence-corrected chi connectivity index (χ3v) is 4.67. The zero-order valence-corrected chi connectivity index (χ0v) is 16.1. The van der Waals surface area contributed by atoms with Gasteiger partial charge in [-0.15, -0.1) is 0 Å². The molecule has 0 unspecified atom stereocenters. The number of carbonyl (C=O) groups is 2. The van der Waals surface area contributed by atoms with Gasteiger partial charge >= 0.3 is 0 Å². The number of hydrogen-bond acceptors (Lipinski definition) is 5. The SMILES string of the molecule is CNC(=O)c1cc(C(=O)N[C@H]2C[C@@H]2C)cc(Cc2cccc(OCCO)c2)n1. The fraction of sp³-hybridized carbons (Fsp3) is 0.381. The van der Waals surface area contributed by atoms with E-state index >= 15 is 0 Å². The summed E-state index contributed by atoms with van der Waals surface area (Å²) in [5.74, 6) is 0.610. The van der Waals surface area contributed by atoms with Crippen molar-refractivity contribution >= 4 is 11.8 Å². The Kier molecular flexibility index (Phi) is 6.26. The van der Waals surface area contributed by atoms with E-state index in [1.807, 2.05) is 24.3 Å². The Morgan fingerprint density at radius 2 is 2.04 bits per heavy atom. The first-order valence-corrected chi connectivity index (χ1v) is 9.36. The molecule has 28 heavy (non-hydrogen) atoms. The summed E-state index contributed by atoms with van der Waals surface area (Å²) in [7, 11) is 1.53. The lowest BCUT2D eigenvalue weighted by Crippen LogP contribution is -2.28.